The molecule has 1 aliphatic heterocycles. The van der Waals surface area contributed by atoms with Crippen LogP contribution in [0.2, 0.25) is 0 Å². The Bertz CT molecular complexity index is 1060. The number of nitrogens with zero attached hydrogens (tertiary/aromatic N) is 1. The smallest absolute Gasteiger partial charge is 0.151 e. The number of carbonyl (C=O) groups excluding carboxylic acids is 1. The second-order valence-corrected chi connectivity index (χ2v) is 10.8. The summed E-state index contributed by atoms with van der Waals surface area (Å²) in [5.41, 5.74) is 1.47. The third-order valence-electron chi connectivity index (χ3n) is 5.85. The maximum atomic E-state index is 14.4. The summed E-state index contributed by atoms with van der Waals surface area (Å²) >= 11 is 0. The molecule has 7 nitrogen and oxygen atoms in total. The fraction of sp³-hybridized carbons (Fsp3) is 0.480. The van der Waals surface area contributed by atoms with Crippen LogP contribution in [0.1, 0.15) is 61.6 Å². The highest BCUT2D eigenvalue weighted by molar-refractivity contribution is 7.86. The molecule has 4 rings (SSSR count). The normalized spacial score (nSPS) is 21.5. The standard InChI is InChI=1S/C20H22FN3O2.C5H11NOS/c1-12(2)24-18-8-13(11-25)10-23-20(18)19(22)16-9-15(6-7-17(16)21)26-14-4-3-5-14;1-5(6-2)3-8(7)4-5/h6-12,14,22,24H,3-5H2,1-2H3;6H,3-4H2,1-2H3. The summed E-state index contributed by atoms with van der Waals surface area (Å²) < 4.78 is 30.7. The fourth-order valence-electron chi connectivity index (χ4n) is 3.56. The second-order valence-electron chi connectivity index (χ2n) is 9.31. The largest absolute Gasteiger partial charge is 0.490 e. The Morgan fingerprint density at radius 1 is 1.32 bits per heavy atom. The number of benzene rings is 1. The molecule has 2 aromatic rings. The topological polar surface area (TPSA) is 104 Å². The highest BCUT2D eigenvalue weighted by Crippen LogP contribution is 2.28. The van der Waals surface area contributed by atoms with Crippen molar-refractivity contribution in [3.05, 3.63) is 53.1 Å². The Morgan fingerprint density at radius 3 is 2.53 bits per heavy atom. The van der Waals surface area contributed by atoms with Crippen LogP contribution < -0.4 is 15.4 Å². The molecule has 1 aromatic heterocycles. The van der Waals surface area contributed by atoms with Crippen LogP contribution in [0.4, 0.5) is 10.1 Å². The number of hydrogen-bond donors (Lipinski definition) is 3. The molecule has 34 heavy (non-hydrogen) atoms. The summed E-state index contributed by atoms with van der Waals surface area (Å²) in [6, 6.07) is 6.14. The molecule has 0 spiro atoms. The third-order valence-corrected chi connectivity index (χ3v) is 7.77. The average molecular weight is 489 g/mol. The van der Waals surface area contributed by atoms with Gasteiger partial charge in [0.1, 0.15) is 17.3 Å². The molecule has 0 amide bonds. The molecule has 9 heteroatoms. The summed E-state index contributed by atoms with van der Waals surface area (Å²) in [6.45, 7) is 5.97. The van der Waals surface area contributed by atoms with E-state index in [-0.39, 0.29) is 29.0 Å². The van der Waals surface area contributed by atoms with Gasteiger partial charge in [-0.2, -0.15) is 0 Å². The van der Waals surface area contributed by atoms with Crippen molar-refractivity contribution < 1.29 is 18.1 Å². The van der Waals surface area contributed by atoms with Gasteiger partial charge in [0.15, 0.2) is 6.29 Å². The molecule has 2 heterocycles. The zero-order chi connectivity index (χ0) is 24.9. The van der Waals surface area contributed by atoms with E-state index >= 15 is 0 Å². The number of ether oxygens (including phenoxy) is 1. The van der Waals surface area contributed by atoms with Crippen molar-refractivity contribution in [1.29, 1.82) is 5.41 Å². The van der Waals surface area contributed by atoms with E-state index in [2.05, 4.69) is 22.5 Å². The van der Waals surface area contributed by atoms with Gasteiger partial charge >= 0.3 is 0 Å². The number of nitrogens with one attached hydrogen (secondary N) is 3. The van der Waals surface area contributed by atoms with Crippen molar-refractivity contribution in [2.45, 2.75) is 57.7 Å². The zero-order valence-corrected chi connectivity index (χ0v) is 20.9. The first kappa shape index (κ1) is 26.0. The van der Waals surface area contributed by atoms with Crippen LogP contribution >= 0.6 is 0 Å². The number of carbonyl (C=O) groups is 1. The van der Waals surface area contributed by atoms with Crippen LogP contribution in [-0.4, -0.2) is 57.4 Å². The first-order valence-electron chi connectivity index (χ1n) is 11.5. The van der Waals surface area contributed by atoms with Gasteiger partial charge in [-0.15, -0.1) is 0 Å². The second kappa shape index (κ2) is 11.2. The molecule has 0 atom stereocenters. The summed E-state index contributed by atoms with van der Waals surface area (Å²) in [4.78, 5) is 15.2. The number of aldehydes is 1. The van der Waals surface area contributed by atoms with E-state index in [1.807, 2.05) is 20.9 Å². The lowest BCUT2D eigenvalue weighted by Gasteiger charge is -2.36. The van der Waals surface area contributed by atoms with E-state index in [9.17, 15) is 13.4 Å². The number of rotatable bonds is 8. The van der Waals surface area contributed by atoms with Crippen molar-refractivity contribution in [1.82, 2.24) is 10.3 Å². The van der Waals surface area contributed by atoms with E-state index in [4.69, 9.17) is 10.1 Å². The van der Waals surface area contributed by atoms with E-state index in [1.165, 1.54) is 12.3 Å². The number of pyridine rings is 1. The van der Waals surface area contributed by atoms with Crippen molar-refractivity contribution in [3.63, 3.8) is 0 Å². The molecule has 2 fully saturated rings. The van der Waals surface area contributed by atoms with Crippen molar-refractivity contribution in [3.8, 4) is 5.75 Å². The van der Waals surface area contributed by atoms with Gasteiger partial charge in [-0.05, 0) is 71.3 Å². The first-order valence-corrected chi connectivity index (χ1v) is 12.9. The Morgan fingerprint density at radius 2 is 2.03 bits per heavy atom. The van der Waals surface area contributed by atoms with Gasteiger partial charge in [0, 0.05) is 51.2 Å². The quantitative estimate of drug-likeness (QED) is 0.384. The fourth-order valence-corrected chi connectivity index (χ4v) is 5.18. The number of halogens is 1. The van der Waals surface area contributed by atoms with Gasteiger partial charge in [-0.3, -0.25) is 19.4 Å². The van der Waals surface area contributed by atoms with E-state index in [1.54, 1.807) is 18.2 Å². The summed E-state index contributed by atoms with van der Waals surface area (Å²) in [5, 5.41) is 14.8. The Balaban J connectivity index is 0.000000343. The molecule has 2 aliphatic rings. The molecule has 0 radical (unpaired) electrons. The van der Waals surface area contributed by atoms with Crippen LogP contribution in [0.3, 0.4) is 0 Å². The molecule has 1 saturated heterocycles. The molecule has 184 valence electrons. The predicted molar refractivity (Wildman–Crippen MR) is 134 cm³/mol. The Hall–Kier alpha value is -2.65. The van der Waals surface area contributed by atoms with Crippen LogP contribution in [0.15, 0.2) is 30.5 Å². The molecule has 1 aliphatic carbocycles. The minimum absolute atomic E-state index is 0.0536. The number of anilines is 1. The van der Waals surface area contributed by atoms with Crippen LogP contribution in [0, 0.1) is 11.2 Å². The molecular formula is C25H33FN4O3S. The Labute approximate surface area is 202 Å². The van der Waals surface area contributed by atoms with Gasteiger partial charge < -0.3 is 15.4 Å². The summed E-state index contributed by atoms with van der Waals surface area (Å²) in [7, 11) is 1.39. The zero-order valence-electron chi connectivity index (χ0n) is 20.1. The lowest BCUT2D eigenvalue weighted by atomic mass is 9.96. The van der Waals surface area contributed by atoms with Gasteiger partial charge in [-0.1, -0.05) is 0 Å². The van der Waals surface area contributed by atoms with Crippen molar-refractivity contribution in [2.75, 3.05) is 23.9 Å². The molecule has 0 bridgehead atoms. The first-order chi connectivity index (χ1) is 16.1. The maximum Gasteiger partial charge on any atom is 0.151 e. The van der Waals surface area contributed by atoms with Crippen LogP contribution in [0.5, 0.6) is 5.75 Å². The number of aromatic nitrogens is 1. The van der Waals surface area contributed by atoms with Crippen LogP contribution in [-0.2, 0) is 10.8 Å². The maximum absolute atomic E-state index is 14.4. The van der Waals surface area contributed by atoms with E-state index < -0.39 is 16.6 Å². The monoisotopic (exact) mass is 488 g/mol. The summed E-state index contributed by atoms with van der Waals surface area (Å²) in [5.74, 6) is 1.69. The third kappa shape index (κ3) is 6.48. The lowest BCUT2D eigenvalue weighted by molar-refractivity contribution is 0.112. The van der Waals surface area contributed by atoms with Crippen molar-refractivity contribution in [2.24, 2.45) is 0 Å². The molecule has 0 unspecified atom stereocenters. The van der Waals surface area contributed by atoms with Gasteiger partial charge in [-0.25, -0.2) is 4.39 Å². The van der Waals surface area contributed by atoms with Gasteiger partial charge in [0.25, 0.3) is 0 Å². The number of hydrogen-bond acceptors (Lipinski definition) is 7. The molecule has 1 aromatic carbocycles. The predicted octanol–water partition coefficient (Wildman–Crippen LogP) is 3.93. The van der Waals surface area contributed by atoms with Crippen LogP contribution in [0.25, 0.3) is 0 Å². The summed E-state index contributed by atoms with van der Waals surface area (Å²) in [6.07, 6.45) is 5.40. The average Bonchev–Trinajstić information content (AvgIpc) is 2.75. The van der Waals surface area contributed by atoms with Crippen molar-refractivity contribution >= 4 is 28.5 Å². The molecule has 1 saturated carbocycles. The lowest BCUT2D eigenvalue weighted by Crippen LogP contribution is -2.58. The minimum atomic E-state index is -0.524. The van der Waals surface area contributed by atoms with Gasteiger partial charge in [0.05, 0.1) is 17.5 Å². The highest BCUT2D eigenvalue weighted by atomic mass is 32.2. The van der Waals surface area contributed by atoms with E-state index in [0.29, 0.717) is 29.0 Å². The SMILES string of the molecule is CC(C)Nc1cc(C=O)cnc1C(=N)c1cc(OC2CCC2)ccc1F.CNC1(C)CS(=O)C1. The Kier molecular flexibility index (Phi) is 8.54. The molecule has 3 N–H and O–H groups in total. The molecular weight excluding hydrogens is 455 g/mol. The van der Waals surface area contributed by atoms with Gasteiger partial charge in [0.2, 0.25) is 0 Å². The van der Waals surface area contributed by atoms with E-state index in [0.717, 1.165) is 30.8 Å². The minimum Gasteiger partial charge on any atom is -0.490 e. The highest BCUT2D eigenvalue weighted by Gasteiger charge is 2.36.